The Morgan fingerprint density at radius 3 is 2.71 bits per heavy atom. The van der Waals surface area contributed by atoms with E-state index >= 15 is 0 Å². The van der Waals surface area contributed by atoms with E-state index in [4.69, 9.17) is 4.74 Å². The average Bonchev–Trinajstić information content (AvgIpc) is 2.27. The number of carbonyl (C=O) groups excluding carboxylic acids is 1. The lowest BCUT2D eigenvalue weighted by Gasteiger charge is -2.03. The van der Waals surface area contributed by atoms with Gasteiger partial charge in [-0.25, -0.2) is 9.78 Å². The molecule has 4 nitrogen and oxygen atoms in total. The van der Waals surface area contributed by atoms with Crippen molar-refractivity contribution in [1.82, 2.24) is 4.98 Å². The normalized spacial score (nSPS) is 9.29. The van der Waals surface area contributed by atoms with Gasteiger partial charge in [-0.3, -0.25) is 0 Å². The maximum atomic E-state index is 11.2. The molecule has 0 bridgehead atoms. The third-order valence-corrected chi connectivity index (χ3v) is 1.66. The Labute approximate surface area is 82.2 Å². The second-order valence-corrected chi connectivity index (χ2v) is 2.52. The number of carbonyl (C=O) groups is 1. The maximum absolute atomic E-state index is 11.2. The van der Waals surface area contributed by atoms with Crippen molar-refractivity contribution in [3.8, 4) is 5.88 Å². The Kier molecular flexibility index (Phi) is 3.23. The van der Waals surface area contributed by atoms with Gasteiger partial charge in [-0.15, -0.1) is 0 Å². The minimum absolute atomic E-state index is 0.210. The van der Waals surface area contributed by atoms with Gasteiger partial charge in [-0.05, 0) is 11.6 Å². The summed E-state index contributed by atoms with van der Waals surface area (Å²) in [5.74, 6) is -0.130. The van der Waals surface area contributed by atoms with Crippen molar-refractivity contribution in [2.75, 3.05) is 14.2 Å². The summed E-state index contributed by atoms with van der Waals surface area (Å²) in [6.45, 7) is 3.60. The minimum atomic E-state index is -0.494. The third kappa shape index (κ3) is 2.10. The van der Waals surface area contributed by atoms with Crippen LogP contribution < -0.4 is 4.74 Å². The van der Waals surface area contributed by atoms with Crippen molar-refractivity contribution in [1.29, 1.82) is 0 Å². The molecule has 0 aromatic carbocycles. The molecule has 1 aromatic heterocycles. The van der Waals surface area contributed by atoms with E-state index in [1.165, 1.54) is 14.2 Å². The number of ether oxygens (including phenoxy) is 2. The molecule has 1 aromatic rings. The van der Waals surface area contributed by atoms with Crippen LogP contribution in [0.2, 0.25) is 0 Å². The molecule has 74 valence electrons. The number of aromatic nitrogens is 1. The Bertz CT molecular complexity index is 360. The predicted molar refractivity (Wildman–Crippen MR) is 52.2 cm³/mol. The van der Waals surface area contributed by atoms with Gasteiger partial charge >= 0.3 is 5.97 Å². The zero-order valence-electron chi connectivity index (χ0n) is 8.11. The third-order valence-electron chi connectivity index (χ3n) is 1.66. The summed E-state index contributed by atoms with van der Waals surface area (Å²) in [4.78, 5) is 15.1. The number of rotatable bonds is 3. The number of hydrogen-bond donors (Lipinski definition) is 0. The Morgan fingerprint density at radius 1 is 1.50 bits per heavy atom. The molecule has 0 radical (unpaired) electrons. The molecule has 0 fully saturated rings. The van der Waals surface area contributed by atoms with Gasteiger partial charge in [0.15, 0.2) is 5.69 Å². The minimum Gasteiger partial charge on any atom is -0.481 e. The Hall–Kier alpha value is -1.84. The van der Waals surface area contributed by atoms with Crippen LogP contribution in [0, 0.1) is 0 Å². The summed E-state index contributed by atoms with van der Waals surface area (Å²) in [6.07, 6.45) is 1.61. The van der Waals surface area contributed by atoms with E-state index in [0.717, 1.165) is 5.56 Å². The highest BCUT2D eigenvalue weighted by atomic mass is 16.5. The summed E-state index contributed by atoms with van der Waals surface area (Å²) in [7, 11) is 2.79. The summed E-state index contributed by atoms with van der Waals surface area (Å²) in [6, 6.07) is 3.26. The smallest absolute Gasteiger partial charge is 0.356 e. The zero-order chi connectivity index (χ0) is 10.6. The van der Waals surface area contributed by atoms with E-state index in [2.05, 4.69) is 16.3 Å². The Balaban J connectivity index is 3.16. The van der Waals surface area contributed by atoms with E-state index in [9.17, 15) is 4.79 Å². The summed E-state index contributed by atoms with van der Waals surface area (Å²) >= 11 is 0. The van der Waals surface area contributed by atoms with E-state index < -0.39 is 5.97 Å². The number of pyridine rings is 1. The topological polar surface area (TPSA) is 48.4 Å². The van der Waals surface area contributed by atoms with Gasteiger partial charge < -0.3 is 9.47 Å². The van der Waals surface area contributed by atoms with Crippen LogP contribution in [0.4, 0.5) is 0 Å². The van der Waals surface area contributed by atoms with Crippen LogP contribution >= 0.6 is 0 Å². The fourth-order valence-electron chi connectivity index (χ4n) is 0.957. The van der Waals surface area contributed by atoms with Crippen LogP contribution in [0.25, 0.3) is 6.08 Å². The van der Waals surface area contributed by atoms with Crippen LogP contribution in [0.3, 0.4) is 0 Å². The van der Waals surface area contributed by atoms with Crippen LogP contribution in [0.15, 0.2) is 18.7 Å². The number of methoxy groups -OCH3 is 2. The molecule has 0 aliphatic rings. The fraction of sp³-hybridized carbons (Fsp3) is 0.200. The molecule has 0 unspecified atom stereocenters. The zero-order valence-corrected chi connectivity index (χ0v) is 8.11. The highest BCUT2D eigenvalue weighted by molar-refractivity contribution is 5.88. The van der Waals surface area contributed by atoms with Crippen LogP contribution in [-0.2, 0) is 4.74 Å². The summed E-state index contributed by atoms with van der Waals surface area (Å²) in [5.41, 5.74) is 0.971. The molecule has 0 N–H and O–H groups in total. The van der Waals surface area contributed by atoms with Gasteiger partial charge in [0.25, 0.3) is 0 Å². The van der Waals surface area contributed by atoms with E-state index in [1.807, 2.05) is 0 Å². The van der Waals surface area contributed by atoms with E-state index in [-0.39, 0.29) is 5.69 Å². The molecule has 4 heteroatoms. The lowest BCUT2D eigenvalue weighted by atomic mass is 10.2. The van der Waals surface area contributed by atoms with E-state index in [0.29, 0.717) is 5.88 Å². The first kappa shape index (κ1) is 10.2. The van der Waals surface area contributed by atoms with Gasteiger partial charge in [0.2, 0.25) is 5.88 Å². The lowest BCUT2D eigenvalue weighted by molar-refractivity contribution is 0.0593. The van der Waals surface area contributed by atoms with Gasteiger partial charge in [0.05, 0.1) is 14.2 Å². The molecular formula is C10H11NO3. The number of esters is 1. The molecule has 0 saturated carbocycles. The second kappa shape index (κ2) is 4.41. The first-order valence-corrected chi connectivity index (χ1v) is 3.98. The monoisotopic (exact) mass is 193 g/mol. The molecule has 14 heavy (non-hydrogen) atoms. The van der Waals surface area contributed by atoms with Gasteiger partial charge in [-0.2, -0.15) is 0 Å². The molecule has 1 heterocycles. The summed E-state index contributed by atoms with van der Waals surface area (Å²) < 4.78 is 9.47. The number of nitrogens with zero attached hydrogens (tertiary/aromatic N) is 1. The molecule has 0 amide bonds. The van der Waals surface area contributed by atoms with Gasteiger partial charge in [0.1, 0.15) is 0 Å². The van der Waals surface area contributed by atoms with Crippen LogP contribution in [-0.4, -0.2) is 25.2 Å². The Morgan fingerprint density at radius 2 is 2.21 bits per heavy atom. The van der Waals surface area contributed by atoms with Crippen LogP contribution in [0.5, 0.6) is 5.88 Å². The standard InChI is InChI=1S/C10H11NO3/c1-4-7-5-8(10(12)14-3)11-9(6-7)13-2/h4-6H,1H2,2-3H3. The highest BCUT2D eigenvalue weighted by Crippen LogP contribution is 2.13. The average molecular weight is 193 g/mol. The molecule has 0 aliphatic heterocycles. The molecule has 0 atom stereocenters. The molecule has 0 spiro atoms. The predicted octanol–water partition coefficient (Wildman–Crippen LogP) is 1.52. The molecule has 1 rings (SSSR count). The van der Waals surface area contributed by atoms with Gasteiger partial charge in [0, 0.05) is 6.07 Å². The molecular weight excluding hydrogens is 182 g/mol. The highest BCUT2D eigenvalue weighted by Gasteiger charge is 2.09. The van der Waals surface area contributed by atoms with Crippen molar-refractivity contribution in [2.45, 2.75) is 0 Å². The maximum Gasteiger partial charge on any atom is 0.356 e. The van der Waals surface area contributed by atoms with Crippen molar-refractivity contribution >= 4 is 12.0 Å². The SMILES string of the molecule is C=Cc1cc(OC)nc(C(=O)OC)c1. The fourth-order valence-corrected chi connectivity index (χ4v) is 0.957. The summed E-state index contributed by atoms with van der Waals surface area (Å²) in [5, 5.41) is 0. The van der Waals surface area contributed by atoms with E-state index in [1.54, 1.807) is 18.2 Å². The lowest BCUT2D eigenvalue weighted by Crippen LogP contribution is -2.05. The van der Waals surface area contributed by atoms with Crippen molar-refractivity contribution in [3.05, 3.63) is 30.0 Å². The van der Waals surface area contributed by atoms with Crippen molar-refractivity contribution < 1.29 is 14.3 Å². The quantitative estimate of drug-likeness (QED) is 0.683. The first-order chi connectivity index (χ1) is 6.71. The van der Waals surface area contributed by atoms with Gasteiger partial charge in [-0.1, -0.05) is 12.7 Å². The molecule has 0 saturated heterocycles. The van der Waals surface area contributed by atoms with Crippen molar-refractivity contribution in [2.24, 2.45) is 0 Å². The van der Waals surface area contributed by atoms with Crippen LogP contribution in [0.1, 0.15) is 16.1 Å². The van der Waals surface area contributed by atoms with Crippen molar-refractivity contribution in [3.63, 3.8) is 0 Å². The number of hydrogen-bond acceptors (Lipinski definition) is 4. The largest absolute Gasteiger partial charge is 0.481 e. The molecule has 0 aliphatic carbocycles. The second-order valence-electron chi connectivity index (χ2n) is 2.52. The first-order valence-electron chi connectivity index (χ1n) is 3.98.